The molecule has 0 spiro atoms. The van der Waals surface area contributed by atoms with Crippen LogP contribution in [-0.2, 0) is 11.3 Å². The maximum absolute atomic E-state index is 11.7. The van der Waals surface area contributed by atoms with Crippen LogP contribution in [0.3, 0.4) is 0 Å². The Bertz CT molecular complexity index is 527. The van der Waals surface area contributed by atoms with Crippen molar-refractivity contribution < 1.29 is 9.90 Å². The van der Waals surface area contributed by atoms with E-state index in [1.54, 1.807) is 0 Å². The third-order valence-electron chi connectivity index (χ3n) is 6.00. The fraction of sp³-hybridized carbons (Fsp3) is 0.632. The predicted molar refractivity (Wildman–Crippen MR) is 87.4 cm³/mol. The molecule has 3 fully saturated rings. The molecule has 4 rings (SSSR count). The molecule has 2 heterocycles. The summed E-state index contributed by atoms with van der Waals surface area (Å²) in [6, 6.07) is 11.1. The third-order valence-corrected chi connectivity index (χ3v) is 6.00. The normalized spacial score (nSPS) is 35.0. The van der Waals surface area contributed by atoms with Gasteiger partial charge in [0, 0.05) is 18.6 Å². The van der Waals surface area contributed by atoms with Crippen LogP contribution in [0.25, 0.3) is 0 Å². The maximum Gasteiger partial charge on any atom is 0.308 e. The van der Waals surface area contributed by atoms with Crippen LogP contribution in [0.2, 0.25) is 0 Å². The monoisotopic (exact) mass is 301 g/mol. The zero-order valence-electron chi connectivity index (χ0n) is 13.8. The number of nitrogens with zero attached hydrogens (tertiary/aromatic N) is 1. The summed E-state index contributed by atoms with van der Waals surface area (Å²) in [6.45, 7) is 7.75. The van der Waals surface area contributed by atoms with Crippen LogP contribution in [0.5, 0.6) is 0 Å². The van der Waals surface area contributed by atoms with Gasteiger partial charge < -0.3 is 5.11 Å². The molecule has 0 aromatic heterocycles. The van der Waals surface area contributed by atoms with E-state index >= 15 is 0 Å². The zero-order valence-corrected chi connectivity index (χ0v) is 13.8. The van der Waals surface area contributed by atoms with Crippen LogP contribution in [0.15, 0.2) is 30.3 Å². The van der Waals surface area contributed by atoms with Gasteiger partial charge in [0.1, 0.15) is 0 Å². The molecule has 2 saturated heterocycles. The average Bonchev–Trinajstić information content (AvgIpc) is 2.50. The molecule has 2 aliphatic heterocycles. The molecule has 1 aromatic carbocycles. The quantitative estimate of drug-likeness (QED) is 0.923. The summed E-state index contributed by atoms with van der Waals surface area (Å²) >= 11 is 0. The van der Waals surface area contributed by atoms with Gasteiger partial charge in [-0.15, -0.1) is 0 Å². The van der Waals surface area contributed by atoms with Crippen LogP contribution in [0.4, 0.5) is 0 Å². The van der Waals surface area contributed by atoms with Crippen molar-refractivity contribution in [2.75, 3.05) is 0 Å². The fourth-order valence-electron chi connectivity index (χ4n) is 4.80. The van der Waals surface area contributed by atoms with Crippen molar-refractivity contribution in [3.8, 4) is 0 Å². The number of benzene rings is 1. The van der Waals surface area contributed by atoms with Gasteiger partial charge in [-0.3, -0.25) is 9.69 Å². The molecule has 5 atom stereocenters. The van der Waals surface area contributed by atoms with Gasteiger partial charge in [-0.2, -0.15) is 0 Å². The molecule has 3 heteroatoms. The summed E-state index contributed by atoms with van der Waals surface area (Å²) in [7, 11) is 0. The van der Waals surface area contributed by atoms with E-state index in [9.17, 15) is 9.90 Å². The summed E-state index contributed by atoms with van der Waals surface area (Å²) in [5, 5.41) is 9.63. The SMILES string of the molecule is CC(C)C1CC2C(C(=O)O)CC1C(C)N2Cc1ccccc1. The van der Waals surface area contributed by atoms with Crippen LogP contribution in [0.1, 0.15) is 39.2 Å². The molecule has 22 heavy (non-hydrogen) atoms. The standard InChI is InChI=1S/C19H27NO2/c1-12(2)15-10-18-17(19(21)22)9-16(15)13(3)20(18)11-14-7-5-4-6-8-14/h4-8,12-13,15-18H,9-11H2,1-3H3,(H,21,22). The molecular formula is C19H27NO2. The highest BCUT2D eigenvalue weighted by Gasteiger charge is 2.52. The number of hydrogen-bond acceptors (Lipinski definition) is 2. The molecule has 2 bridgehead atoms. The summed E-state index contributed by atoms with van der Waals surface area (Å²) in [5.41, 5.74) is 1.28. The Morgan fingerprint density at radius 1 is 1.27 bits per heavy atom. The highest BCUT2D eigenvalue weighted by Crippen LogP contribution is 2.49. The first-order chi connectivity index (χ1) is 10.5. The summed E-state index contributed by atoms with van der Waals surface area (Å²) in [4.78, 5) is 14.2. The van der Waals surface area contributed by atoms with E-state index in [0.29, 0.717) is 23.8 Å². The summed E-state index contributed by atoms with van der Waals surface area (Å²) in [6.07, 6.45) is 1.89. The Morgan fingerprint density at radius 2 is 1.95 bits per heavy atom. The number of carboxylic acid groups (broad SMARTS) is 1. The number of aliphatic carboxylic acids is 1. The Kier molecular flexibility index (Phi) is 4.26. The Hall–Kier alpha value is -1.35. The Labute approximate surface area is 133 Å². The van der Waals surface area contributed by atoms with Crippen LogP contribution < -0.4 is 0 Å². The number of carbonyl (C=O) groups is 1. The Balaban J connectivity index is 1.86. The first kappa shape index (κ1) is 15.5. The average molecular weight is 301 g/mol. The van der Waals surface area contributed by atoms with E-state index in [4.69, 9.17) is 0 Å². The predicted octanol–water partition coefficient (Wildman–Crippen LogP) is 3.64. The molecule has 3 aliphatic rings. The second kappa shape index (κ2) is 6.04. The van der Waals surface area contributed by atoms with Gasteiger partial charge in [0.15, 0.2) is 0 Å². The van der Waals surface area contributed by atoms with E-state index in [1.165, 1.54) is 5.56 Å². The summed E-state index contributed by atoms with van der Waals surface area (Å²) in [5.74, 6) is 1.02. The lowest BCUT2D eigenvalue weighted by atomic mass is 9.60. The molecule has 5 unspecified atom stereocenters. The highest BCUT2D eigenvalue weighted by atomic mass is 16.4. The maximum atomic E-state index is 11.7. The van der Waals surface area contributed by atoms with E-state index in [0.717, 1.165) is 19.4 Å². The van der Waals surface area contributed by atoms with Crippen molar-refractivity contribution in [3.63, 3.8) is 0 Å². The fourth-order valence-corrected chi connectivity index (χ4v) is 4.80. The zero-order chi connectivity index (χ0) is 15.9. The first-order valence-electron chi connectivity index (χ1n) is 8.51. The molecule has 1 N–H and O–H groups in total. The first-order valence-corrected chi connectivity index (χ1v) is 8.51. The number of piperidine rings is 2. The van der Waals surface area contributed by atoms with Gasteiger partial charge in [-0.05, 0) is 43.1 Å². The minimum Gasteiger partial charge on any atom is -0.481 e. The van der Waals surface area contributed by atoms with Crippen molar-refractivity contribution in [2.24, 2.45) is 23.7 Å². The molecule has 1 aliphatic carbocycles. The molecule has 1 saturated carbocycles. The van der Waals surface area contributed by atoms with Crippen molar-refractivity contribution in [1.82, 2.24) is 4.90 Å². The molecule has 3 nitrogen and oxygen atoms in total. The largest absolute Gasteiger partial charge is 0.481 e. The van der Waals surface area contributed by atoms with Crippen molar-refractivity contribution in [2.45, 2.75) is 52.2 Å². The van der Waals surface area contributed by atoms with E-state index in [-0.39, 0.29) is 12.0 Å². The third kappa shape index (κ3) is 2.67. The van der Waals surface area contributed by atoms with Crippen LogP contribution in [-0.4, -0.2) is 28.1 Å². The van der Waals surface area contributed by atoms with Gasteiger partial charge in [0.25, 0.3) is 0 Å². The van der Waals surface area contributed by atoms with Crippen LogP contribution >= 0.6 is 0 Å². The molecular weight excluding hydrogens is 274 g/mol. The lowest BCUT2D eigenvalue weighted by Gasteiger charge is -2.57. The molecule has 120 valence electrons. The number of carboxylic acids is 1. The number of fused-ring (bicyclic) bond motifs is 3. The van der Waals surface area contributed by atoms with E-state index < -0.39 is 5.97 Å². The highest BCUT2D eigenvalue weighted by molar-refractivity contribution is 5.71. The van der Waals surface area contributed by atoms with E-state index in [2.05, 4.69) is 49.9 Å². The molecule has 1 aromatic rings. The van der Waals surface area contributed by atoms with Crippen molar-refractivity contribution in [3.05, 3.63) is 35.9 Å². The second-order valence-corrected chi connectivity index (χ2v) is 7.45. The smallest absolute Gasteiger partial charge is 0.308 e. The van der Waals surface area contributed by atoms with E-state index in [1.807, 2.05) is 6.07 Å². The Morgan fingerprint density at radius 3 is 2.55 bits per heavy atom. The van der Waals surface area contributed by atoms with Gasteiger partial charge >= 0.3 is 5.97 Å². The van der Waals surface area contributed by atoms with Gasteiger partial charge in [0.05, 0.1) is 5.92 Å². The van der Waals surface area contributed by atoms with Crippen molar-refractivity contribution in [1.29, 1.82) is 0 Å². The van der Waals surface area contributed by atoms with Gasteiger partial charge in [0.2, 0.25) is 0 Å². The minimum absolute atomic E-state index is 0.185. The van der Waals surface area contributed by atoms with Crippen molar-refractivity contribution >= 4 is 5.97 Å². The minimum atomic E-state index is -0.609. The summed E-state index contributed by atoms with van der Waals surface area (Å²) < 4.78 is 0. The lowest BCUT2D eigenvalue weighted by Crippen LogP contribution is -2.62. The number of rotatable bonds is 4. The molecule has 0 radical (unpaired) electrons. The topological polar surface area (TPSA) is 40.5 Å². The molecule has 0 amide bonds. The van der Waals surface area contributed by atoms with Gasteiger partial charge in [-0.25, -0.2) is 0 Å². The lowest BCUT2D eigenvalue weighted by molar-refractivity contribution is -0.159. The number of hydrogen-bond donors (Lipinski definition) is 1. The second-order valence-electron chi connectivity index (χ2n) is 7.45. The van der Waals surface area contributed by atoms with Crippen LogP contribution in [0, 0.1) is 23.7 Å². The van der Waals surface area contributed by atoms with Gasteiger partial charge in [-0.1, -0.05) is 44.2 Å².